The van der Waals surface area contributed by atoms with Gasteiger partial charge in [-0.2, -0.15) is 0 Å². The van der Waals surface area contributed by atoms with E-state index in [-0.39, 0.29) is 6.10 Å². The molecule has 2 atom stereocenters. The van der Waals surface area contributed by atoms with Gasteiger partial charge in [0.05, 0.1) is 6.10 Å². The van der Waals surface area contributed by atoms with Crippen LogP contribution < -0.4 is 0 Å². The summed E-state index contributed by atoms with van der Waals surface area (Å²) in [6, 6.07) is 8.64. The minimum Gasteiger partial charge on any atom is -0.387 e. The van der Waals surface area contributed by atoms with Gasteiger partial charge in [0.1, 0.15) is 0 Å². The molecule has 0 bridgehead atoms. The monoisotopic (exact) mass is 231 g/mol. The predicted octanol–water partition coefficient (Wildman–Crippen LogP) is 2.38. The highest BCUT2D eigenvalue weighted by Gasteiger charge is 2.33. The molecule has 1 saturated carbocycles. The first-order valence-electron chi connectivity index (χ1n) is 6.72. The Balaban J connectivity index is 1.75. The van der Waals surface area contributed by atoms with Gasteiger partial charge in [0.2, 0.25) is 0 Å². The van der Waals surface area contributed by atoms with Gasteiger partial charge >= 0.3 is 0 Å². The molecule has 0 spiro atoms. The summed E-state index contributed by atoms with van der Waals surface area (Å²) in [5.74, 6) is 0.893. The maximum Gasteiger partial charge on any atom is 0.0947 e. The minimum absolute atomic E-state index is 0.302. The average molecular weight is 231 g/mol. The number of hydrogen-bond donors (Lipinski definition) is 1. The lowest BCUT2D eigenvalue weighted by Crippen LogP contribution is -2.40. The van der Waals surface area contributed by atoms with Crippen LogP contribution in [0.5, 0.6) is 0 Å². The summed E-state index contributed by atoms with van der Waals surface area (Å²) in [5.41, 5.74) is 2.47. The predicted molar refractivity (Wildman–Crippen MR) is 68.9 cm³/mol. The lowest BCUT2D eigenvalue weighted by Gasteiger charge is -2.36. The number of rotatable bonds is 3. The summed E-state index contributed by atoms with van der Waals surface area (Å²) < 4.78 is 0. The Morgan fingerprint density at radius 1 is 1.24 bits per heavy atom. The van der Waals surface area contributed by atoms with Crippen molar-refractivity contribution in [1.29, 1.82) is 0 Å². The highest BCUT2D eigenvalue weighted by molar-refractivity contribution is 5.32. The van der Waals surface area contributed by atoms with Crippen LogP contribution in [0.2, 0.25) is 0 Å². The molecule has 0 radical (unpaired) electrons. The van der Waals surface area contributed by atoms with E-state index < -0.39 is 0 Å². The van der Waals surface area contributed by atoms with E-state index in [1.807, 2.05) is 6.07 Å². The Morgan fingerprint density at radius 3 is 2.76 bits per heavy atom. The summed E-state index contributed by atoms with van der Waals surface area (Å²) in [4.78, 5) is 2.37. The number of benzene rings is 1. The fraction of sp³-hybridized carbons (Fsp3) is 0.600. The van der Waals surface area contributed by atoms with Gasteiger partial charge in [0.25, 0.3) is 0 Å². The first-order chi connectivity index (χ1) is 8.25. The summed E-state index contributed by atoms with van der Waals surface area (Å²) in [6.45, 7) is 1.16. The van der Waals surface area contributed by atoms with Crippen molar-refractivity contribution in [2.45, 2.75) is 37.8 Å². The molecule has 0 aromatic heterocycles. The second-order valence-electron chi connectivity index (χ2n) is 5.63. The van der Waals surface area contributed by atoms with E-state index in [2.05, 4.69) is 30.1 Å². The molecule has 0 heterocycles. The molecule has 1 fully saturated rings. The van der Waals surface area contributed by atoms with Crippen molar-refractivity contribution >= 4 is 0 Å². The fourth-order valence-corrected chi connectivity index (χ4v) is 3.02. The van der Waals surface area contributed by atoms with Gasteiger partial charge in [-0.3, -0.25) is 0 Å². The van der Waals surface area contributed by atoms with Crippen molar-refractivity contribution in [3.8, 4) is 0 Å². The molecule has 0 aliphatic heterocycles. The van der Waals surface area contributed by atoms with Crippen LogP contribution in [0.4, 0.5) is 0 Å². The van der Waals surface area contributed by atoms with E-state index in [4.69, 9.17) is 0 Å². The SMILES string of the molecule is CN(CC1CC1)C1CCc2ccccc2C1O. The second kappa shape index (κ2) is 4.43. The van der Waals surface area contributed by atoms with Gasteiger partial charge in [0.15, 0.2) is 0 Å². The Hall–Kier alpha value is -0.860. The summed E-state index contributed by atoms with van der Waals surface area (Å²) in [5, 5.41) is 10.5. The largest absolute Gasteiger partial charge is 0.387 e. The highest BCUT2D eigenvalue weighted by atomic mass is 16.3. The Morgan fingerprint density at radius 2 is 2.00 bits per heavy atom. The summed E-state index contributed by atoms with van der Waals surface area (Å²) in [7, 11) is 2.17. The van der Waals surface area contributed by atoms with Crippen LogP contribution in [-0.2, 0) is 6.42 Å². The van der Waals surface area contributed by atoms with Crippen LogP contribution in [0.3, 0.4) is 0 Å². The van der Waals surface area contributed by atoms with Gasteiger partial charge in [-0.05, 0) is 49.8 Å². The molecule has 0 amide bonds. The molecule has 17 heavy (non-hydrogen) atoms. The zero-order chi connectivity index (χ0) is 11.8. The van der Waals surface area contributed by atoms with Gasteiger partial charge in [0, 0.05) is 12.6 Å². The normalized spacial score (nSPS) is 28.2. The molecule has 2 unspecified atom stereocenters. The lowest BCUT2D eigenvalue weighted by atomic mass is 9.85. The third-order valence-corrected chi connectivity index (χ3v) is 4.26. The first-order valence-corrected chi connectivity index (χ1v) is 6.72. The maximum absolute atomic E-state index is 10.5. The van der Waals surface area contributed by atoms with Crippen molar-refractivity contribution in [2.75, 3.05) is 13.6 Å². The van der Waals surface area contributed by atoms with Crippen molar-refractivity contribution < 1.29 is 5.11 Å². The Labute approximate surface area is 103 Å². The fourth-order valence-electron chi connectivity index (χ4n) is 3.02. The molecule has 0 saturated heterocycles. The third-order valence-electron chi connectivity index (χ3n) is 4.26. The molecule has 2 aliphatic carbocycles. The van der Waals surface area contributed by atoms with Crippen molar-refractivity contribution in [3.05, 3.63) is 35.4 Å². The number of nitrogens with zero attached hydrogens (tertiary/aromatic N) is 1. The Bertz CT molecular complexity index is 400. The van der Waals surface area contributed by atoms with Gasteiger partial charge in [-0.15, -0.1) is 0 Å². The molecule has 92 valence electrons. The van der Waals surface area contributed by atoms with Crippen LogP contribution >= 0.6 is 0 Å². The van der Waals surface area contributed by atoms with Crippen LogP contribution in [-0.4, -0.2) is 29.6 Å². The Kier molecular flexibility index (Phi) is 2.93. The van der Waals surface area contributed by atoms with E-state index in [0.29, 0.717) is 6.04 Å². The van der Waals surface area contributed by atoms with Crippen LogP contribution in [0, 0.1) is 5.92 Å². The molecule has 1 N–H and O–H groups in total. The molecular weight excluding hydrogens is 210 g/mol. The van der Waals surface area contributed by atoms with E-state index in [0.717, 1.165) is 30.9 Å². The lowest BCUT2D eigenvalue weighted by molar-refractivity contribution is 0.0478. The summed E-state index contributed by atoms with van der Waals surface area (Å²) >= 11 is 0. The highest BCUT2D eigenvalue weighted by Crippen LogP contribution is 2.35. The maximum atomic E-state index is 10.5. The topological polar surface area (TPSA) is 23.5 Å². The zero-order valence-corrected chi connectivity index (χ0v) is 10.5. The van der Waals surface area contributed by atoms with Crippen LogP contribution in [0.25, 0.3) is 0 Å². The van der Waals surface area contributed by atoms with E-state index in [1.54, 1.807) is 0 Å². The number of fused-ring (bicyclic) bond motifs is 1. The summed E-state index contributed by atoms with van der Waals surface area (Å²) in [6.07, 6.45) is 4.64. The quantitative estimate of drug-likeness (QED) is 0.863. The zero-order valence-electron chi connectivity index (χ0n) is 10.5. The number of hydrogen-bond acceptors (Lipinski definition) is 2. The smallest absolute Gasteiger partial charge is 0.0947 e. The third kappa shape index (κ3) is 2.24. The number of aliphatic hydroxyl groups is 1. The number of aryl methyl sites for hydroxylation is 1. The van der Waals surface area contributed by atoms with Crippen LogP contribution in [0.15, 0.2) is 24.3 Å². The standard InChI is InChI=1S/C15H21NO/c1-16(10-11-6-7-11)14-9-8-12-4-2-3-5-13(12)15(14)17/h2-5,11,14-15,17H,6-10H2,1H3. The molecule has 2 heteroatoms. The van der Waals surface area contributed by atoms with Crippen molar-refractivity contribution in [3.63, 3.8) is 0 Å². The van der Waals surface area contributed by atoms with Crippen molar-refractivity contribution in [2.24, 2.45) is 5.92 Å². The molecule has 1 aromatic carbocycles. The van der Waals surface area contributed by atoms with Gasteiger partial charge < -0.3 is 10.0 Å². The second-order valence-corrected chi connectivity index (χ2v) is 5.63. The first kappa shape index (κ1) is 11.2. The van der Waals surface area contributed by atoms with Crippen LogP contribution in [0.1, 0.15) is 36.5 Å². The molecule has 2 nitrogen and oxygen atoms in total. The molecule has 1 aromatic rings. The van der Waals surface area contributed by atoms with Gasteiger partial charge in [-0.1, -0.05) is 24.3 Å². The number of likely N-dealkylation sites (N-methyl/N-ethyl adjacent to an activating group) is 1. The van der Waals surface area contributed by atoms with E-state index >= 15 is 0 Å². The molecular formula is C15H21NO. The van der Waals surface area contributed by atoms with Gasteiger partial charge in [-0.25, -0.2) is 0 Å². The molecule has 3 rings (SSSR count). The molecule has 2 aliphatic rings. The minimum atomic E-state index is -0.302. The van der Waals surface area contributed by atoms with E-state index in [9.17, 15) is 5.11 Å². The van der Waals surface area contributed by atoms with Crippen molar-refractivity contribution in [1.82, 2.24) is 4.90 Å². The van der Waals surface area contributed by atoms with E-state index in [1.165, 1.54) is 18.4 Å². The average Bonchev–Trinajstić information content (AvgIpc) is 3.13. The number of aliphatic hydroxyl groups excluding tert-OH is 1.